The van der Waals surface area contributed by atoms with E-state index in [-0.39, 0.29) is 24.5 Å². The lowest BCUT2D eigenvalue weighted by atomic mass is 10.1. The van der Waals surface area contributed by atoms with Crippen molar-refractivity contribution in [3.05, 3.63) is 94.9 Å². The van der Waals surface area contributed by atoms with Crippen LogP contribution in [0.2, 0.25) is 0 Å². The third-order valence-corrected chi connectivity index (χ3v) is 5.65. The molecule has 1 heterocycles. The number of carbonyl (C=O) groups is 1. The van der Waals surface area contributed by atoms with E-state index in [9.17, 15) is 31.1 Å². The number of amides is 1. The highest BCUT2D eigenvalue weighted by Crippen LogP contribution is 2.33. The van der Waals surface area contributed by atoms with E-state index in [4.69, 9.17) is 15.3 Å². The molecule has 13 heteroatoms. The first kappa shape index (κ1) is 27.6. The van der Waals surface area contributed by atoms with E-state index in [2.05, 4.69) is 16.1 Å². The second-order valence-electron chi connectivity index (χ2n) is 8.42. The molecule has 5 N–H and O–H groups in total. The van der Waals surface area contributed by atoms with Gasteiger partial charge in [-0.05, 0) is 35.9 Å². The third-order valence-electron chi connectivity index (χ3n) is 5.65. The maximum absolute atomic E-state index is 14.8. The van der Waals surface area contributed by atoms with Crippen molar-refractivity contribution in [2.45, 2.75) is 18.7 Å². The van der Waals surface area contributed by atoms with E-state index >= 15 is 0 Å². The number of alkyl halides is 3. The molecular formula is C26H22F6N4O3. The molecule has 3 aromatic carbocycles. The van der Waals surface area contributed by atoms with E-state index in [1.807, 2.05) is 0 Å². The van der Waals surface area contributed by atoms with Gasteiger partial charge in [-0.25, -0.2) is 13.2 Å². The fourth-order valence-electron chi connectivity index (χ4n) is 3.86. The summed E-state index contributed by atoms with van der Waals surface area (Å²) in [6, 6.07) is 11.2. The number of anilines is 1. The number of carbonyl (C=O) groups excluding carboxylic acids is 1. The summed E-state index contributed by atoms with van der Waals surface area (Å²) in [6.07, 6.45) is -4.90. The molecule has 1 aliphatic rings. The van der Waals surface area contributed by atoms with Crippen LogP contribution in [0.4, 0.5) is 32.0 Å². The smallest absolute Gasteiger partial charge is 0.419 e. The number of halogens is 6. The van der Waals surface area contributed by atoms with Crippen LogP contribution < -0.4 is 31.4 Å². The Bertz CT molecular complexity index is 1370. The number of hydrogen-bond acceptors (Lipinski definition) is 6. The second-order valence-corrected chi connectivity index (χ2v) is 8.42. The highest BCUT2D eigenvalue weighted by molar-refractivity contribution is 5.92. The van der Waals surface area contributed by atoms with E-state index < -0.39 is 58.8 Å². The molecule has 1 unspecified atom stereocenters. The van der Waals surface area contributed by atoms with Crippen LogP contribution in [-0.4, -0.2) is 25.2 Å². The molecular weight excluding hydrogens is 530 g/mol. The van der Waals surface area contributed by atoms with E-state index in [1.54, 1.807) is 24.3 Å². The zero-order valence-corrected chi connectivity index (χ0v) is 20.0. The molecule has 3 aromatic rings. The molecule has 0 fully saturated rings. The monoisotopic (exact) mass is 552 g/mol. The molecule has 0 aliphatic carbocycles. The van der Waals surface area contributed by atoms with Gasteiger partial charge < -0.3 is 25.5 Å². The third kappa shape index (κ3) is 6.55. The minimum Gasteiger partial charge on any atom is -0.486 e. The van der Waals surface area contributed by atoms with Crippen molar-refractivity contribution >= 4 is 17.3 Å². The van der Waals surface area contributed by atoms with Crippen LogP contribution in [0.5, 0.6) is 11.5 Å². The van der Waals surface area contributed by atoms with Crippen molar-refractivity contribution in [1.82, 2.24) is 10.7 Å². The van der Waals surface area contributed by atoms with Crippen LogP contribution in [0.3, 0.4) is 0 Å². The Morgan fingerprint density at radius 2 is 1.72 bits per heavy atom. The zero-order chi connectivity index (χ0) is 28.2. The van der Waals surface area contributed by atoms with Gasteiger partial charge >= 0.3 is 6.18 Å². The van der Waals surface area contributed by atoms with Crippen molar-refractivity contribution in [3.8, 4) is 11.5 Å². The number of nitrogens with one attached hydrogen (secondary N) is 3. The van der Waals surface area contributed by atoms with Gasteiger partial charge in [-0.1, -0.05) is 24.3 Å². The van der Waals surface area contributed by atoms with Crippen LogP contribution in [0.1, 0.15) is 16.7 Å². The summed E-state index contributed by atoms with van der Waals surface area (Å²) < 4.78 is 94.0. The van der Waals surface area contributed by atoms with E-state index in [1.165, 1.54) is 6.20 Å². The normalized spacial score (nSPS) is 15.1. The van der Waals surface area contributed by atoms with Gasteiger partial charge in [0.1, 0.15) is 30.2 Å². The summed E-state index contributed by atoms with van der Waals surface area (Å²) in [7, 11) is 0. The summed E-state index contributed by atoms with van der Waals surface area (Å²) in [5, 5.41) is 5.01. The Balaban J connectivity index is 1.41. The molecule has 0 saturated carbocycles. The van der Waals surface area contributed by atoms with E-state index in [0.29, 0.717) is 17.6 Å². The van der Waals surface area contributed by atoms with Crippen LogP contribution in [-0.2, 0) is 17.4 Å². The summed E-state index contributed by atoms with van der Waals surface area (Å²) in [4.78, 5) is 12.3. The molecule has 0 bridgehead atoms. The first-order chi connectivity index (χ1) is 18.6. The Labute approximate surface area is 218 Å². The summed E-state index contributed by atoms with van der Waals surface area (Å²) in [5.74, 6) is 1.83. The molecule has 1 amide bonds. The van der Waals surface area contributed by atoms with Gasteiger partial charge in [0, 0.05) is 11.9 Å². The molecule has 1 aliphatic heterocycles. The molecule has 0 spiro atoms. The molecule has 39 heavy (non-hydrogen) atoms. The average Bonchev–Trinajstić information content (AvgIpc) is 2.87. The number of ether oxygens (including phenoxy) is 2. The predicted molar refractivity (Wildman–Crippen MR) is 130 cm³/mol. The number of hydrogen-bond donors (Lipinski definition) is 4. The molecule has 1 atom stereocenters. The van der Waals surface area contributed by atoms with Crippen molar-refractivity contribution in [2.24, 2.45) is 5.84 Å². The Hall–Kier alpha value is -4.39. The van der Waals surface area contributed by atoms with E-state index in [0.717, 1.165) is 24.3 Å². The second kappa shape index (κ2) is 11.6. The minimum absolute atomic E-state index is 0.161. The highest BCUT2D eigenvalue weighted by atomic mass is 19.4. The Kier molecular flexibility index (Phi) is 8.19. The quantitative estimate of drug-likeness (QED) is 0.187. The highest BCUT2D eigenvalue weighted by Gasteiger charge is 2.35. The standard InChI is InChI=1S/C26H22F6N4O3/c27-18-9-15(35-23(37)8-14-4-3-5-17(25(14)29)26(30,31)32)10-19(28)24(18)20(36-33)12-34-11-16-13-38-21-6-1-2-7-22(21)39-16/h1-7,9-10,12,16,34,36H,8,11,13,33H2,(H,35,37)/b20-12-. The fourth-order valence-corrected chi connectivity index (χ4v) is 3.86. The molecule has 206 valence electrons. The minimum atomic E-state index is -4.95. The lowest BCUT2D eigenvalue weighted by Crippen LogP contribution is -2.37. The maximum atomic E-state index is 14.8. The predicted octanol–water partition coefficient (Wildman–Crippen LogP) is 4.50. The Morgan fingerprint density at radius 3 is 2.38 bits per heavy atom. The number of benzene rings is 3. The molecule has 0 radical (unpaired) electrons. The lowest BCUT2D eigenvalue weighted by molar-refractivity contribution is -0.140. The fraction of sp³-hybridized carbons (Fsp3) is 0.192. The maximum Gasteiger partial charge on any atom is 0.419 e. The molecule has 4 rings (SSSR count). The van der Waals surface area contributed by atoms with Crippen LogP contribution in [0.25, 0.3) is 5.70 Å². The number of rotatable bonds is 8. The molecule has 7 nitrogen and oxygen atoms in total. The number of hydrazine groups is 1. The largest absolute Gasteiger partial charge is 0.486 e. The van der Waals surface area contributed by atoms with Gasteiger partial charge in [0.15, 0.2) is 11.5 Å². The van der Waals surface area contributed by atoms with Gasteiger partial charge in [0.25, 0.3) is 0 Å². The van der Waals surface area contributed by atoms with Gasteiger partial charge in [0.05, 0.1) is 29.8 Å². The first-order valence-electron chi connectivity index (χ1n) is 11.5. The van der Waals surface area contributed by atoms with Crippen molar-refractivity contribution in [2.75, 3.05) is 18.5 Å². The van der Waals surface area contributed by atoms with Crippen molar-refractivity contribution in [1.29, 1.82) is 0 Å². The average molecular weight is 552 g/mol. The zero-order valence-electron chi connectivity index (χ0n) is 20.0. The van der Waals surface area contributed by atoms with Gasteiger partial charge in [-0.2, -0.15) is 13.2 Å². The van der Waals surface area contributed by atoms with Crippen LogP contribution in [0.15, 0.2) is 60.8 Å². The molecule has 0 saturated heterocycles. The van der Waals surface area contributed by atoms with Crippen molar-refractivity contribution < 1.29 is 40.6 Å². The van der Waals surface area contributed by atoms with Crippen LogP contribution >= 0.6 is 0 Å². The summed E-state index contributed by atoms with van der Waals surface area (Å²) in [6.45, 7) is 0.452. The summed E-state index contributed by atoms with van der Waals surface area (Å²) in [5.41, 5.74) is -0.893. The summed E-state index contributed by atoms with van der Waals surface area (Å²) >= 11 is 0. The number of para-hydroxylation sites is 2. The first-order valence-corrected chi connectivity index (χ1v) is 11.5. The van der Waals surface area contributed by atoms with Crippen LogP contribution in [0, 0.1) is 17.5 Å². The SMILES string of the molecule is NN/C(=C\NCC1COc2ccccc2O1)c1c(F)cc(NC(=O)Cc2cccc(C(F)(F)F)c2F)cc1F. The Morgan fingerprint density at radius 1 is 1.03 bits per heavy atom. The lowest BCUT2D eigenvalue weighted by Gasteiger charge is -2.26. The van der Waals surface area contributed by atoms with Gasteiger partial charge in [-0.3, -0.25) is 10.6 Å². The molecule has 0 aromatic heterocycles. The number of fused-ring (bicyclic) bond motifs is 1. The van der Waals surface area contributed by atoms with Gasteiger partial charge in [0.2, 0.25) is 5.91 Å². The number of nitrogens with two attached hydrogens (primary N) is 1. The van der Waals surface area contributed by atoms with Crippen molar-refractivity contribution in [3.63, 3.8) is 0 Å². The topological polar surface area (TPSA) is 97.6 Å². The van der Waals surface area contributed by atoms with Gasteiger partial charge in [-0.15, -0.1) is 0 Å².